The fourth-order valence-electron chi connectivity index (χ4n) is 1.90. The van der Waals surface area contributed by atoms with Crippen molar-refractivity contribution in [1.29, 1.82) is 0 Å². The van der Waals surface area contributed by atoms with Crippen LogP contribution in [0, 0.1) is 20.8 Å². The molecule has 0 aromatic heterocycles. The molecule has 19 heavy (non-hydrogen) atoms. The Bertz CT molecular complexity index is 633. The van der Waals surface area contributed by atoms with Gasteiger partial charge in [-0.2, -0.15) is 0 Å². The molecule has 0 saturated heterocycles. The normalized spacial score (nSPS) is 10.3. The van der Waals surface area contributed by atoms with Crippen LogP contribution >= 0.6 is 0 Å². The Balaban J connectivity index is 2.25. The Hall–Kier alpha value is -2.29. The van der Waals surface area contributed by atoms with Gasteiger partial charge in [0.1, 0.15) is 0 Å². The zero-order valence-corrected chi connectivity index (χ0v) is 11.4. The van der Waals surface area contributed by atoms with Crippen molar-refractivity contribution in [2.24, 2.45) is 0 Å². The smallest absolute Gasteiger partial charge is 0.256 e. The summed E-state index contributed by atoms with van der Waals surface area (Å²) in [4.78, 5) is 12.2. The van der Waals surface area contributed by atoms with Gasteiger partial charge in [-0.3, -0.25) is 4.79 Å². The van der Waals surface area contributed by atoms with E-state index in [0.717, 1.165) is 16.8 Å². The first-order valence-corrected chi connectivity index (χ1v) is 6.22. The molecule has 0 aliphatic carbocycles. The molecule has 0 saturated carbocycles. The maximum atomic E-state index is 12.2. The molecule has 3 nitrogen and oxygen atoms in total. The van der Waals surface area contributed by atoms with Gasteiger partial charge in [0, 0.05) is 16.9 Å². The molecule has 2 rings (SSSR count). The van der Waals surface area contributed by atoms with Gasteiger partial charge < -0.3 is 11.1 Å². The van der Waals surface area contributed by atoms with E-state index < -0.39 is 0 Å². The summed E-state index contributed by atoms with van der Waals surface area (Å²) in [7, 11) is 0. The number of rotatable bonds is 2. The first-order chi connectivity index (χ1) is 8.97. The van der Waals surface area contributed by atoms with Gasteiger partial charge in [-0.25, -0.2) is 0 Å². The Morgan fingerprint density at radius 3 is 2.32 bits per heavy atom. The van der Waals surface area contributed by atoms with Gasteiger partial charge in [-0.1, -0.05) is 12.1 Å². The van der Waals surface area contributed by atoms with E-state index in [1.807, 2.05) is 45.0 Å². The quantitative estimate of drug-likeness (QED) is 0.806. The van der Waals surface area contributed by atoms with Gasteiger partial charge in [0.05, 0.1) is 0 Å². The van der Waals surface area contributed by atoms with E-state index in [2.05, 4.69) is 5.32 Å². The van der Waals surface area contributed by atoms with Crippen LogP contribution in [0.3, 0.4) is 0 Å². The first kappa shape index (κ1) is 13.1. The third kappa shape index (κ3) is 2.94. The van der Waals surface area contributed by atoms with Crippen LogP contribution < -0.4 is 11.1 Å². The molecule has 0 spiro atoms. The van der Waals surface area contributed by atoms with E-state index >= 15 is 0 Å². The number of nitrogens with two attached hydrogens (primary N) is 1. The van der Waals surface area contributed by atoms with Crippen LogP contribution in [0.1, 0.15) is 27.0 Å². The molecule has 0 unspecified atom stereocenters. The number of aryl methyl sites for hydroxylation is 3. The van der Waals surface area contributed by atoms with E-state index in [1.54, 1.807) is 12.1 Å². The van der Waals surface area contributed by atoms with Crippen molar-refractivity contribution < 1.29 is 4.79 Å². The number of hydrogen-bond donors (Lipinski definition) is 2. The second kappa shape index (κ2) is 5.14. The fraction of sp³-hybridized carbons (Fsp3) is 0.188. The molecular formula is C16H18N2O. The molecule has 0 heterocycles. The third-order valence-corrected chi connectivity index (χ3v) is 3.27. The third-order valence-electron chi connectivity index (χ3n) is 3.27. The Kier molecular flexibility index (Phi) is 3.56. The molecule has 0 atom stereocenters. The number of carbonyl (C=O) groups excluding carboxylic acids is 1. The lowest BCUT2D eigenvalue weighted by Gasteiger charge is -2.10. The van der Waals surface area contributed by atoms with Crippen LogP contribution in [-0.4, -0.2) is 5.91 Å². The molecule has 2 aromatic carbocycles. The lowest BCUT2D eigenvalue weighted by molar-refractivity contribution is 0.102. The summed E-state index contributed by atoms with van der Waals surface area (Å²) in [5.41, 5.74) is 11.0. The number of anilines is 2. The molecule has 0 aliphatic rings. The summed E-state index contributed by atoms with van der Waals surface area (Å²) in [5, 5.41) is 2.90. The van der Waals surface area contributed by atoms with Crippen LogP contribution in [0.2, 0.25) is 0 Å². The minimum Gasteiger partial charge on any atom is -0.399 e. The molecule has 1 amide bonds. The zero-order valence-electron chi connectivity index (χ0n) is 11.4. The monoisotopic (exact) mass is 254 g/mol. The second-order valence-electron chi connectivity index (χ2n) is 4.83. The van der Waals surface area contributed by atoms with Crippen molar-refractivity contribution >= 4 is 17.3 Å². The van der Waals surface area contributed by atoms with Crippen molar-refractivity contribution in [2.45, 2.75) is 20.8 Å². The first-order valence-electron chi connectivity index (χ1n) is 6.22. The van der Waals surface area contributed by atoms with Crippen LogP contribution in [0.25, 0.3) is 0 Å². The van der Waals surface area contributed by atoms with Crippen molar-refractivity contribution in [3.8, 4) is 0 Å². The highest BCUT2D eigenvalue weighted by molar-refractivity contribution is 6.05. The van der Waals surface area contributed by atoms with Crippen LogP contribution in [0.5, 0.6) is 0 Å². The predicted molar refractivity (Wildman–Crippen MR) is 79.5 cm³/mol. The molecule has 98 valence electrons. The number of benzene rings is 2. The van der Waals surface area contributed by atoms with Gasteiger partial charge in [0.25, 0.3) is 5.91 Å². The van der Waals surface area contributed by atoms with Crippen molar-refractivity contribution in [2.75, 3.05) is 11.1 Å². The maximum absolute atomic E-state index is 12.2. The summed E-state index contributed by atoms with van der Waals surface area (Å²) in [6, 6.07) is 11.2. The predicted octanol–water partition coefficient (Wildman–Crippen LogP) is 3.45. The lowest BCUT2D eigenvalue weighted by Crippen LogP contribution is -2.14. The van der Waals surface area contributed by atoms with E-state index in [4.69, 9.17) is 5.73 Å². The Morgan fingerprint density at radius 1 is 0.947 bits per heavy atom. The second-order valence-corrected chi connectivity index (χ2v) is 4.83. The summed E-state index contributed by atoms with van der Waals surface area (Å²) in [5.74, 6) is -0.131. The van der Waals surface area contributed by atoms with E-state index in [9.17, 15) is 4.79 Å². The lowest BCUT2D eigenvalue weighted by atomic mass is 10.1. The maximum Gasteiger partial charge on any atom is 0.256 e. The Morgan fingerprint density at radius 2 is 1.63 bits per heavy atom. The highest BCUT2D eigenvalue weighted by Crippen LogP contribution is 2.17. The number of hydrogen-bond acceptors (Lipinski definition) is 2. The molecule has 0 aliphatic heterocycles. The van der Waals surface area contributed by atoms with Crippen molar-refractivity contribution in [3.63, 3.8) is 0 Å². The summed E-state index contributed by atoms with van der Waals surface area (Å²) < 4.78 is 0. The van der Waals surface area contributed by atoms with Crippen molar-refractivity contribution in [3.05, 3.63) is 58.7 Å². The average Bonchev–Trinajstić information content (AvgIpc) is 2.36. The highest BCUT2D eigenvalue weighted by atomic mass is 16.1. The largest absolute Gasteiger partial charge is 0.399 e. The van der Waals surface area contributed by atoms with E-state index in [-0.39, 0.29) is 5.91 Å². The van der Waals surface area contributed by atoms with Gasteiger partial charge >= 0.3 is 0 Å². The van der Waals surface area contributed by atoms with E-state index in [1.165, 1.54) is 5.56 Å². The SMILES string of the molecule is Cc1ccc(NC(=O)c2cc(N)ccc2C)cc1C. The standard InChI is InChI=1S/C16H18N2O/c1-10-5-7-14(8-12(10)3)18-16(19)15-9-13(17)6-4-11(15)2/h4-9H,17H2,1-3H3,(H,18,19). The molecule has 3 heteroatoms. The minimum atomic E-state index is -0.131. The molecule has 0 bridgehead atoms. The van der Waals surface area contributed by atoms with Crippen molar-refractivity contribution in [1.82, 2.24) is 0 Å². The Labute approximate surface area is 113 Å². The van der Waals surface area contributed by atoms with E-state index in [0.29, 0.717) is 11.3 Å². The zero-order chi connectivity index (χ0) is 14.0. The van der Waals surface area contributed by atoms with Crippen LogP contribution in [0.15, 0.2) is 36.4 Å². The molecule has 3 N–H and O–H groups in total. The van der Waals surface area contributed by atoms with Gasteiger partial charge in [-0.05, 0) is 61.7 Å². The molecule has 2 aromatic rings. The summed E-state index contributed by atoms with van der Waals surface area (Å²) in [6.07, 6.45) is 0. The van der Waals surface area contributed by atoms with Gasteiger partial charge in [-0.15, -0.1) is 0 Å². The van der Waals surface area contributed by atoms with Crippen LogP contribution in [-0.2, 0) is 0 Å². The molecule has 0 fully saturated rings. The number of amides is 1. The fourth-order valence-corrected chi connectivity index (χ4v) is 1.90. The van der Waals surface area contributed by atoms with Gasteiger partial charge in [0.15, 0.2) is 0 Å². The van der Waals surface area contributed by atoms with Crippen LogP contribution in [0.4, 0.5) is 11.4 Å². The highest BCUT2D eigenvalue weighted by Gasteiger charge is 2.10. The molecule has 0 radical (unpaired) electrons. The topological polar surface area (TPSA) is 55.1 Å². The van der Waals surface area contributed by atoms with Gasteiger partial charge in [0.2, 0.25) is 0 Å². The average molecular weight is 254 g/mol. The number of nitrogens with one attached hydrogen (secondary N) is 1. The molecular weight excluding hydrogens is 236 g/mol. The number of nitrogen functional groups attached to an aromatic ring is 1. The minimum absolute atomic E-state index is 0.131. The summed E-state index contributed by atoms with van der Waals surface area (Å²) >= 11 is 0. The summed E-state index contributed by atoms with van der Waals surface area (Å²) in [6.45, 7) is 5.97. The number of carbonyl (C=O) groups is 1.